The van der Waals surface area contributed by atoms with Crippen molar-refractivity contribution >= 4 is 40.9 Å². The summed E-state index contributed by atoms with van der Waals surface area (Å²) >= 11 is 13.4. The van der Waals surface area contributed by atoms with Gasteiger partial charge in [0.05, 0.1) is 11.5 Å². The average molecular weight is 298 g/mol. The number of rotatable bonds is 5. The summed E-state index contributed by atoms with van der Waals surface area (Å²) in [6.45, 7) is 2.38. The van der Waals surface area contributed by atoms with Crippen LogP contribution in [0.25, 0.3) is 0 Å². The highest BCUT2D eigenvalue weighted by atomic mass is 35.5. The van der Waals surface area contributed by atoms with Crippen molar-refractivity contribution in [1.29, 1.82) is 0 Å². The second-order valence-electron chi connectivity index (χ2n) is 4.82. The normalized spacial score (nSPS) is 38.4. The van der Waals surface area contributed by atoms with E-state index in [-0.39, 0.29) is 17.1 Å². The number of hydrogen-bond acceptors (Lipinski definition) is 3. The van der Waals surface area contributed by atoms with Crippen molar-refractivity contribution < 1.29 is 9.90 Å². The number of amides is 1. The fraction of sp³-hybridized carbons (Fsp3) is 0.909. The van der Waals surface area contributed by atoms with Crippen LogP contribution < -0.4 is 5.32 Å². The summed E-state index contributed by atoms with van der Waals surface area (Å²) < 4.78 is -0.885. The number of hydrogen-bond donors (Lipinski definition) is 2. The molecule has 0 radical (unpaired) electrons. The van der Waals surface area contributed by atoms with Gasteiger partial charge < -0.3 is 10.4 Å². The molecule has 0 unspecified atom stereocenters. The topological polar surface area (TPSA) is 49.3 Å². The molecule has 0 aromatic rings. The van der Waals surface area contributed by atoms with Gasteiger partial charge in [-0.3, -0.25) is 4.79 Å². The van der Waals surface area contributed by atoms with E-state index >= 15 is 0 Å². The van der Waals surface area contributed by atoms with Crippen molar-refractivity contribution in [1.82, 2.24) is 5.32 Å². The van der Waals surface area contributed by atoms with E-state index in [1.54, 1.807) is 11.8 Å². The smallest absolute Gasteiger partial charge is 0.226 e. The van der Waals surface area contributed by atoms with Gasteiger partial charge in [0.2, 0.25) is 5.91 Å². The molecule has 2 rings (SSSR count). The molecule has 0 heterocycles. The summed E-state index contributed by atoms with van der Waals surface area (Å²) in [5.74, 6) is 0.526. The Morgan fingerprint density at radius 2 is 2.24 bits per heavy atom. The molecule has 0 aromatic carbocycles. The number of carbonyl (C=O) groups excluding carboxylic acids is 1. The van der Waals surface area contributed by atoms with Crippen LogP contribution in [0.2, 0.25) is 0 Å². The van der Waals surface area contributed by atoms with Gasteiger partial charge in [-0.2, -0.15) is 11.8 Å². The van der Waals surface area contributed by atoms with Crippen LogP contribution >= 0.6 is 35.0 Å². The van der Waals surface area contributed by atoms with Crippen LogP contribution in [-0.2, 0) is 4.79 Å². The molecule has 6 heteroatoms. The van der Waals surface area contributed by atoms with Crippen LogP contribution in [-0.4, -0.2) is 38.5 Å². The molecule has 3 nitrogen and oxygen atoms in total. The number of carbonyl (C=O) groups is 1. The highest BCUT2D eigenvalue weighted by Crippen LogP contribution is 2.53. The fourth-order valence-corrected chi connectivity index (χ4v) is 3.80. The molecule has 17 heavy (non-hydrogen) atoms. The van der Waals surface area contributed by atoms with Crippen LogP contribution in [0, 0.1) is 5.92 Å². The summed E-state index contributed by atoms with van der Waals surface area (Å²) in [4.78, 5) is 11.7. The molecule has 98 valence electrons. The lowest BCUT2D eigenvalue weighted by Gasteiger charge is -2.45. The summed E-state index contributed by atoms with van der Waals surface area (Å²) in [5, 5.41) is 13.3. The lowest BCUT2D eigenvalue weighted by molar-refractivity contribution is -0.124. The van der Waals surface area contributed by atoms with E-state index in [4.69, 9.17) is 23.2 Å². The zero-order valence-electron chi connectivity index (χ0n) is 9.71. The predicted molar refractivity (Wildman–Crippen MR) is 71.7 cm³/mol. The van der Waals surface area contributed by atoms with Crippen molar-refractivity contribution in [3.8, 4) is 0 Å². The van der Waals surface area contributed by atoms with E-state index in [2.05, 4.69) is 12.2 Å². The minimum absolute atomic E-state index is 0.143. The first-order valence-corrected chi connectivity index (χ1v) is 7.69. The molecule has 3 atom stereocenters. The molecule has 0 saturated heterocycles. The molecule has 1 amide bonds. The monoisotopic (exact) mass is 297 g/mol. The van der Waals surface area contributed by atoms with Gasteiger partial charge in [0, 0.05) is 11.8 Å². The Bertz CT molecular complexity index is 327. The molecule has 2 fully saturated rings. The SMILES string of the molecule is CCS[C@@H]1CC[C@@]1(O)CNC(=O)[C@@H]1CC1(Cl)Cl. The predicted octanol–water partition coefficient (Wildman–Crippen LogP) is 1.94. The third-order valence-electron chi connectivity index (χ3n) is 3.52. The zero-order valence-corrected chi connectivity index (χ0v) is 12.0. The lowest BCUT2D eigenvalue weighted by atomic mass is 9.79. The first-order valence-electron chi connectivity index (χ1n) is 5.88. The number of alkyl halides is 2. The number of halogens is 2. The van der Waals surface area contributed by atoms with Crippen LogP contribution in [0.1, 0.15) is 26.2 Å². The molecule has 2 aliphatic carbocycles. The third-order valence-corrected chi connectivity index (χ3v) is 5.76. The van der Waals surface area contributed by atoms with E-state index in [1.807, 2.05) is 0 Å². The third kappa shape index (κ3) is 2.86. The molecule has 2 saturated carbocycles. The summed E-state index contributed by atoms with van der Waals surface area (Å²) in [6, 6.07) is 0. The number of aliphatic hydroxyl groups is 1. The Morgan fingerprint density at radius 1 is 1.59 bits per heavy atom. The highest BCUT2D eigenvalue weighted by molar-refractivity contribution is 8.00. The zero-order chi connectivity index (χ0) is 12.7. The van der Waals surface area contributed by atoms with E-state index in [9.17, 15) is 9.90 Å². The van der Waals surface area contributed by atoms with E-state index < -0.39 is 9.93 Å². The quantitative estimate of drug-likeness (QED) is 0.763. The minimum atomic E-state index is -0.885. The lowest BCUT2D eigenvalue weighted by Crippen LogP contribution is -2.57. The van der Waals surface area contributed by atoms with Gasteiger partial charge in [-0.15, -0.1) is 23.2 Å². The van der Waals surface area contributed by atoms with E-state index in [0.29, 0.717) is 13.0 Å². The van der Waals surface area contributed by atoms with Crippen LogP contribution in [0.5, 0.6) is 0 Å². The Hall–Kier alpha value is 0.360. The first-order chi connectivity index (χ1) is 7.89. The average Bonchev–Trinajstić information content (AvgIpc) is 2.90. The summed E-state index contributed by atoms with van der Waals surface area (Å²) in [7, 11) is 0. The number of nitrogens with one attached hydrogen (secondary N) is 1. The summed E-state index contributed by atoms with van der Waals surface area (Å²) in [6.07, 6.45) is 2.28. The van der Waals surface area contributed by atoms with Gasteiger partial charge in [0.25, 0.3) is 0 Å². The Kier molecular flexibility index (Phi) is 3.89. The molecule has 0 spiro atoms. The minimum Gasteiger partial charge on any atom is -0.387 e. The largest absolute Gasteiger partial charge is 0.387 e. The molecular weight excluding hydrogens is 281 g/mol. The first kappa shape index (κ1) is 13.8. The van der Waals surface area contributed by atoms with Gasteiger partial charge in [-0.25, -0.2) is 0 Å². The summed E-state index contributed by atoms with van der Waals surface area (Å²) in [5.41, 5.74) is -0.744. The second kappa shape index (κ2) is 4.80. The van der Waals surface area contributed by atoms with E-state index in [1.165, 1.54) is 0 Å². The van der Waals surface area contributed by atoms with Gasteiger partial charge >= 0.3 is 0 Å². The van der Waals surface area contributed by atoms with Gasteiger partial charge in [-0.05, 0) is 25.0 Å². The molecule has 2 aliphatic rings. The van der Waals surface area contributed by atoms with Crippen molar-refractivity contribution in [3.05, 3.63) is 0 Å². The Labute approximate surface area is 116 Å². The maximum absolute atomic E-state index is 11.7. The molecule has 0 bridgehead atoms. The van der Waals surface area contributed by atoms with Gasteiger partial charge in [0.15, 0.2) is 0 Å². The van der Waals surface area contributed by atoms with Crippen LogP contribution in [0.15, 0.2) is 0 Å². The molecular formula is C11H17Cl2NO2S. The number of thioether (sulfide) groups is 1. The van der Waals surface area contributed by atoms with Crippen molar-refractivity contribution in [2.75, 3.05) is 12.3 Å². The van der Waals surface area contributed by atoms with E-state index in [0.717, 1.165) is 18.6 Å². The van der Waals surface area contributed by atoms with Gasteiger partial charge in [-0.1, -0.05) is 6.92 Å². The Morgan fingerprint density at radius 3 is 2.65 bits per heavy atom. The second-order valence-corrected chi connectivity index (χ2v) is 7.84. The standard InChI is InChI=1S/C11H17Cl2NO2S/c1-2-17-8-3-4-10(8,16)6-14-9(15)7-5-11(7,12)13/h7-8,16H,2-6H2,1H3,(H,14,15)/t7-,8+,10+/m0/s1. The van der Waals surface area contributed by atoms with Crippen molar-refractivity contribution in [2.24, 2.45) is 5.92 Å². The van der Waals surface area contributed by atoms with Crippen LogP contribution in [0.3, 0.4) is 0 Å². The molecule has 2 N–H and O–H groups in total. The van der Waals surface area contributed by atoms with Gasteiger partial charge in [0.1, 0.15) is 4.33 Å². The fourth-order valence-electron chi connectivity index (χ4n) is 2.10. The molecule has 0 aliphatic heterocycles. The maximum Gasteiger partial charge on any atom is 0.226 e. The highest BCUT2D eigenvalue weighted by Gasteiger charge is 2.56. The Balaban J connectivity index is 1.77. The van der Waals surface area contributed by atoms with Crippen molar-refractivity contribution in [2.45, 2.75) is 41.4 Å². The molecule has 0 aromatic heterocycles. The van der Waals surface area contributed by atoms with Crippen molar-refractivity contribution in [3.63, 3.8) is 0 Å². The maximum atomic E-state index is 11.7. The van der Waals surface area contributed by atoms with Crippen LogP contribution in [0.4, 0.5) is 0 Å².